The molecule has 0 heterocycles. The van der Waals surface area contributed by atoms with Crippen molar-refractivity contribution in [2.45, 2.75) is 37.0 Å². The molecule has 1 saturated carbocycles. The Labute approximate surface area is 178 Å². The zero-order chi connectivity index (χ0) is 18.8. The first-order valence-electron chi connectivity index (χ1n) is 9.19. The molecule has 1 fully saturated rings. The van der Waals surface area contributed by atoms with Crippen LogP contribution in [0.15, 0.2) is 60.7 Å². The number of hydrogen-bond acceptors (Lipinski definition) is 3. The molecule has 1 aliphatic carbocycles. The van der Waals surface area contributed by atoms with Crippen molar-refractivity contribution in [1.29, 1.82) is 0 Å². The van der Waals surface area contributed by atoms with Crippen molar-refractivity contribution in [3.05, 3.63) is 71.8 Å². The van der Waals surface area contributed by atoms with Crippen LogP contribution in [-0.2, 0) is 15.1 Å². The molecular formula is C22H28INO3. The van der Waals surface area contributed by atoms with Gasteiger partial charge in [-0.2, -0.15) is 0 Å². The third-order valence-corrected chi connectivity index (χ3v) is 5.35. The van der Waals surface area contributed by atoms with Crippen molar-refractivity contribution in [3.63, 3.8) is 0 Å². The van der Waals surface area contributed by atoms with Crippen LogP contribution in [0, 0.1) is 0 Å². The summed E-state index contributed by atoms with van der Waals surface area (Å²) in [5.41, 5.74) is -0.757. The number of quaternary nitrogens is 1. The molecule has 2 aromatic carbocycles. The first kappa shape index (κ1) is 21.9. The Morgan fingerprint density at radius 1 is 0.963 bits per heavy atom. The minimum absolute atomic E-state index is 0. The molecular weight excluding hydrogens is 453 g/mol. The molecule has 1 N–H and O–H groups in total. The topological polar surface area (TPSA) is 46.5 Å². The van der Waals surface area contributed by atoms with Crippen molar-refractivity contribution in [2.75, 3.05) is 21.1 Å². The Kier molecular flexibility index (Phi) is 7.05. The minimum Gasteiger partial charge on any atom is -1.00 e. The van der Waals surface area contributed by atoms with Crippen LogP contribution >= 0.6 is 0 Å². The highest BCUT2D eigenvalue weighted by molar-refractivity contribution is 5.85. The quantitative estimate of drug-likeness (QED) is 0.375. The zero-order valence-electron chi connectivity index (χ0n) is 16.1. The Morgan fingerprint density at radius 2 is 1.44 bits per heavy atom. The van der Waals surface area contributed by atoms with Crippen LogP contribution in [0.5, 0.6) is 0 Å². The Hall–Kier alpha value is -1.44. The molecule has 27 heavy (non-hydrogen) atoms. The fourth-order valence-corrected chi connectivity index (χ4v) is 3.91. The van der Waals surface area contributed by atoms with Crippen LogP contribution in [0.1, 0.15) is 30.4 Å². The van der Waals surface area contributed by atoms with Gasteiger partial charge in [-0.15, -0.1) is 0 Å². The van der Waals surface area contributed by atoms with E-state index in [1.807, 2.05) is 36.4 Å². The molecule has 0 aliphatic heterocycles. The highest BCUT2D eigenvalue weighted by Crippen LogP contribution is 2.35. The second kappa shape index (κ2) is 8.71. The predicted molar refractivity (Wildman–Crippen MR) is 101 cm³/mol. The van der Waals surface area contributed by atoms with E-state index in [9.17, 15) is 9.90 Å². The second-order valence-corrected chi connectivity index (χ2v) is 8.00. The van der Waals surface area contributed by atoms with Crippen molar-refractivity contribution < 1.29 is 43.1 Å². The first-order chi connectivity index (χ1) is 12.3. The van der Waals surface area contributed by atoms with Crippen LogP contribution in [0.3, 0.4) is 0 Å². The highest BCUT2D eigenvalue weighted by Gasteiger charge is 2.46. The standard InChI is InChI=1S/C22H28NO3.HI/c1-23(2,3)19-15-10-16-20(19)26-21(24)22(25,17-11-6-4-7-12-17)18-13-8-5-9-14-18;/h4-9,11-14,19-20,25H,10,15-16H2,1-3H3;1H/q+1;/p-1. The molecule has 3 rings (SSSR count). The minimum atomic E-state index is -1.81. The van der Waals surface area contributed by atoms with E-state index < -0.39 is 11.6 Å². The average molecular weight is 481 g/mol. The van der Waals surface area contributed by atoms with Crippen molar-refractivity contribution in [1.82, 2.24) is 0 Å². The summed E-state index contributed by atoms with van der Waals surface area (Å²) >= 11 is 0. The molecule has 146 valence electrons. The maximum Gasteiger partial charge on any atom is 0.348 e. The molecule has 5 heteroatoms. The molecule has 0 bridgehead atoms. The van der Waals surface area contributed by atoms with Gasteiger partial charge in [0.05, 0.1) is 21.1 Å². The molecule has 2 atom stereocenters. The van der Waals surface area contributed by atoms with Gasteiger partial charge in [-0.1, -0.05) is 60.7 Å². The van der Waals surface area contributed by atoms with Gasteiger partial charge in [0, 0.05) is 6.42 Å². The number of halogens is 1. The second-order valence-electron chi connectivity index (χ2n) is 8.00. The van der Waals surface area contributed by atoms with Gasteiger partial charge in [0.1, 0.15) is 6.04 Å². The van der Waals surface area contributed by atoms with Crippen LogP contribution in [0.4, 0.5) is 0 Å². The maximum atomic E-state index is 13.2. The predicted octanol–water partition coefficient (Wildman–Crippen LogP) is 0.0970. The number of likely N-dealkylation sites (N-methyl/N-ethyl adjacent to an activating group) is 1. The summed E-state index contributed by atoms with van der Waals surface area (Å²) < 4.78 is 6.66. The lowest BCUT2D eigenvalue weighted by Crippen LogP contribution is -3.00. The van der Waals surface area contributed by atoms with Gasteiger partial charge in [0.2, 0.25) is 5.60 Å². The highest BCUT2D eigenvalue weighted by atomic mass is 127. The SMILES string of the molecule is C[N+](C)(C)C1CCCC1OC(=O)C(O)(c1ccccc1)c1ccccc1.[I-]. The fourth-order valence-electron chi connectivity index (χ4n) is 3.91. The van der Waals surface area contributed by atoms with Gasteiger partial charge in [0.25, 0.3) is 0 Å². The van der Waals surface area contributed by atoms with Gasteiger partial charge in [-0.05, 0) is 24.0 Å². The molecule has 4 nitrogen and oxygen atoms in total. The van der Waals surface area contributed by atoms with Gasteiger partial charge in [0.15, 0.2) is 6.10 Å². The monoisotopic (exact) mass is 481 g/mol. The van der Waals surface area contributed by atoms with Crippen molar-refractivity contribution >= 4 is 5.97 Å². The van der Waals surface area contributed by atoms with Crippen molar-refractivity contribution in [3.8, 4) is 0 Å². The van der Waals surface area contributed by atoms with E-state index in [4.69, 9.17) is 4.74 Å². The Bertz CT molecular complexity index is 704. The number of benzene rings is 2. The summed E-state index contributed by atoms with van der Waals surface area (Å²) in [4.78, 5) is 13.2. The van der Waals surface area contributed by atoms with E-state index in [2.05, 4.69) is 21.1 Å². The summed E-state index contributed by atoms with van der Waals surface area (Å²) in [5.74, 6) is -0.597. The van der Waals surface area contributed by atoms with Crippen molar-refractivity contribution in [2.24, 2.45) is 0 Å². The number of nitrogens with zero attached hydrogens (tertiary/aromatic N) is 1. The number of carbonyl (C=O) groups excluding carboxylic acids is 1. The normalized spacial score (nSPS) is 20.0. The van der Waals surface area contributed by atoms with E-state index >= 15 is 0 Å². The Balaban J connectivity index is 0.00000261. The summed E-state index contributed by atoms with van der Waals surface area (Å²) in [6.07, 6.45) is 2.72. The van der Waals surface area contributed by atoms with E-state index in [1.54, 1.807) is 24.3 Å². The molecule has 0 radical (unpaired) electrons. The van der Waals surface area contributed by atoms with Gasteiger partial charge in [-0.3, -0.25) is 0 Å². The fraction of sp³-hybridized carbons (Fsp3) is 0.409. The van der Waals surface area contributed by atoms with E-state index in [0.717, 1.165) is 23.7 Å². The number of carbonyl (C=O) groups is 1. The maximum absolute atomic E-state index is 13.2. The summed E-state index contributed by atoms with van der Waals surface area (Å²) in [6.45, 7) is 0. The number of rotatable bonds is 5. The number of ether oxygens (including phenoxy) is 1. The van der Waals surface area contributed by atoms with Crippen LogP contribution < -0.4 is 24.0 Å². The molecule has 0 amide bonds. The summed E-state index contributed by atoms with van der Waals surface area (Å²) in [7, 11) is 6.37. The third kappa shape index (κ3) is 4.52. The molecule has 0 saturated heterocycles. The Morgan fingerprint density at radius 3 is 1.89 bits per heavy atom. The number of hydrogen-bond donors (Lipinski definition) is 1. The summed E-state index contributed by atoms with van der Waals surface area (Å²) in [6, 6.07) is 18.3. The van der Waals surface area contributed by atoms with E-state index in [0.29, 0.717) is 11.1 Å². The zero-order valence-corrected chi connectivity index (χ0v) is 18.3. The van der Waals surface area contributed by atoms with E-state index in [1.165, 1.54) is 0 Å². The largest absolute Gasteiger partial charge is 1.00 e. The molecule has 0 aromatic heterocycles. The van der Waals surface area contributed by atoms with Gasteiger partial charge >= 0.3 is 5.97 Å². The lowest BCUT2D eigenvalue weighted by Gasteiger charge is -2.36. The summed E-state index contributed by atoms with van der Waals surface area (Å²) in [5, 5.41) is 11.5. The van der Waals surface area contributed by atoms with Crippen LogP contribution in [0.25, 0.3) is 0 Å². The first-order valence-corrected chi connectivity index (χ1v) is 9.19. The van der Waals surface area contributed by atoms with E-state index in [-0.39, 0.29) is 36.1 Å². The van der Waals surface area contributed by atoms with Crippen LogP contribution in [-0.4, -0.2) is 48.8 Å². The molecule has 0 spiro atoms. The molecule has 2 aromatic rings. The van der Waals surface area contributed by atoms with Gasteiger partial charge in [-0.25, -0.2) is 4.79 Å². The lowest BCUT2D eigenvalue weighted by atomic mass is 9.86. The van der Waals surface area contributed by atoms with Crippen LogP contribution in [0.2, 0.25) is 0 Å². The smallest absolute Gasteiger partial charge is 0.348 e. The number of esters is 1. The molecule has 2 unspecified atom stereocenters. The molecule has 1 aliphatic rings. The lowest BCUT2D eigenvalue weighted by molar-refractivity contribution is -0.898. The third-order valence-electron chi connectivity index (χ3n) is 5.35. The van der Waals surface area contributed by atoms with Gasteiger partial charge < -0.3 is 38.3 Å². The number of aliphatic hydroxyl groups is 1. The average Bonchev–Trinajstić information content (AvgIpc) is 3.11.